The normalized spacial score (nSPS) is 12.8. The summed E-state index contributed by atoms with van der Waals surface area (Å²) in [7, 11) is -4.22. The predicted molar refractivity (Wildman–Crippen MR) is 95.2 cm³/mol. The quantitative estimate of drug-likeness (QED) is 0.571. The minimum Gasteiger partial charge on any atom is -0.508 e. The monoisotopic (exact) mass is 438 g/mol. The number of amides is 1. The molecular formula is C16H18F4N4O4S. The number of hydrogen-bond donors (Lipinski definition) is 3. The van der Waals surface area contributed by atoms with Gasteiger partial charge >= 0.3 is 6.18 Å². The third-order valence-electron chi connectivity index (χ3n) is 4.12. The second-order valence-electron chi connectivity index (χ2n) is 6.67. The van der Waals surface area contributed by atoms with E-state index in [-0.39, 0.29) is 23.1 Å². The summed E-state index contributed by atoms with van der Waals surface area (Å²) in [5.41, 5.74) is -0.0603. The molecule has 0 fully saturated rings. The van der Waals surface area contributed by atoms with Crippen LogP contribution in [0.2, 0.25) is 0 Å². The number of aromatic amines is 1. The van der Waals surface area contributed by atoms with Crippen LogP contribution in [0.25, 0.3) is 11.4 Å². The lowest BCUT2D eigenvalue weighted by atomic mass is 10.2. The number of alkyl halides is 3. The SMILES string of the molecule is CC(C)(C(=O)Nc1n[nH]c(-c2ccc(O)cc2F)n1)S(=O)(=O)CCCC(F)(F)F. The van der Waals surface area contributed by atoms with Gasteiger partial charge in [-0.3, -0.25) is 15.2 Å². The highest BCUT2D eigenvalue weighted by atomic mass is 32.2. The zero-order chi connectivity index (χ0) is 22.0. The number of aromatic nitrogens is 3. The minimum absolute atomic E-state index is 0.0603. The number of sulfone groups is 1. The van der Waals surface area contributed by atoms with Crippen molar-refractivity contribution in [3.8, 4) is 17.1 Å². The number of phenolic OH excluding ortho intramolecular Hbond substituents is 1. The third kappa shape index (κ3) is 5.43. The van der Waals surface area contributed by atoms with Crippen molar-refractivity contribution in [2.75, 3.05) is 11.1 Å². The van der Waals surface area contributed by atoms with Crippen LogP contribution in [-0.4, -0.2) is 51.3 Å². The van der Waals surface area contributed by atoms with E-state index in [1.54, 1.807) is 0 Å². The average Bonchev–Trinajstić information content (AvgIpc) is 3.01. The highest BCUT2D eigenvalue weighted by Gasteiger charge is 2.42. The number of nitrogens with zero attached hydrogens (tertiary/aromatic N) is 2. The van der Waals surface area contributed by atoms with Gasteiger partial charge in [0.05, 0.1) is 11.3 Å². The molecule has 2 aromatic rings. The zero-order valence-electron chi connectivity index (χ0n) is 15.3. The summed E-state index contributed by atoms with van der Waals surface area (Å²) in [5, 5.41) is 17.4. The van der Waals surface area contributed by atoms with Crippen molar-refractivity contribution in [2.45, 2.75) is 37.6 Å². The van der Waals surface area contributed by atoms with Crippen LogP contribution in [0, 0.1) is 5.82 Å². The number of anilines is 1. The fraction of sp³-hybridized carbons (Fsp3) is 0.438. The van der Waals surface area contributed by atoms with Gasteiger partial charge in [0, 0.05) is 12.5 Å². The molecule has 0 radical (unpaired) electrons. The topological polar surface area (TPSA) is 125 Å². The summed E-state index contributed by atoms with van der Waals surface area (Å²) in [5.74, 6) is -3.45. The number of rotatable bonds is 7. The smallest absolute Gasteiger partial charge is 0.389 e. The lowest BCUT2D eigenvalue weighted by Crippen LogP contribution is -2.46. The highest BCUT2D eigenvalue weighted by Crippen LogP contribution is 2.26. The molecule has 3 N–H and O–H groups in total. The van der Waals surface area contributed by atoms with Crippen molar-refractivity contribution in [3.05, 3.63) is 24.0 Å². The molecule has 13 heteroatoms. The Morgan fingerprint density at radius 2 is 1.93 bits per heavy atom. The predicted octanol–water partition coefficient (Wildman–Crippen LogP) is 2.79. The first-order chi connectivity index (χ1) is 13.2. The van der Waals surface area contributed by atoms with E-state index < -0.39 is 51.1 Å². The van der Waals surface area contributed by atoms with Gasteiger partial charge in [0.2, 0.25) is 11.9 Å². The molecule has 1 aromatic heterocycles. The summed E-state index contributed by atoms with van der Waals surface area (Å²) in [6, 6.07) is 3.26. The highest BCUT2D eigenvalue weighted by molar-refractivity contribution is 7.93. The summed E-state index contributed by atoms with van der Waals surface area (Å²) in [6.07, 6.45) is -6.46. The van der Waals surface area contributed by atoms with E-state index in [4.69, 9.17) is 0 Å². The van der Waals surface area contributed by atoms with Crippen LogP contribution in [0.5, 0.6) is 5.75 Å². The molecule has 0 aliphatic heterocycles. The third-order valence-corrected chi connectivity index (χ3v) is 6.68. The van der Waals surface area contributed by atoms with E-state index in [0.717, 1.165) is 19.9 Å². The van der Waals surface area contributed by atoms with E-state index in [0.29, 0.717) is 0 Å². The van der Waals surface area contributed by atoms with Crippen molar-refractivity contribution in [1.29, 1.82) is 0 Å². The number of carbonyl (C=O) groups excluding carboxylic acids is 1. The van der Waals surface area contributed by atoms with Crippen molar-refractivity contribution < 1.29 is 35.9 Å². The van der Waals surface area contributed by atoms with Gasteiger partial charge in [-0.1, -0.05) is 0 Å². The van der Waals surface area contributed by atoms with Crippen molar-refractivity contribution in [1.82, 2.24) is 15.2 Å². The molecule has 0 saturated carbocycles. The Hall–Kier alpha value is -2.70. The summed E-state index contributed by atoms with van der Waals surface area (Å²) >= 11 is 0. The van der Waals surface area contributed by atoms with Crippen LogP contribution in [0.4, 0.5) is 23.5 Å². The molecule has 1 amide bonds. The van der Waals surface area contributed by atoms with Crippen LogP contribution in [0.1, 0.15) is 26.7 Å². The van der Waals surface area contributed by atoms with Crippen LogP contribution >= 0.6 is 0 Å². The van der Waals surface area contributed by atoms with Crippen molar-refractivity contribution in [2.24, 2.45) is 0 Å². The summed E-state index contributed by atoms with van der Waals surface area (Å²) in [6.45, 7) is 2.11. The molecule has 2 rings (SSSR count). The first-order valence-electron chi connectivity index (χ1n) is 8.25. The van der Waals surface area contributed by atoms with Gasteiger partial charge in [0.25, 0.3) is 0 Å². The Balaban J connectivity index is 2.11. The van der Waals surface area contributed by atoms with E-state index in [1.807, 2.05) is 0 Å². The summed E-state index contributed by atoms with van der Waals surface area (Å²) < 4.78 is 73.1. The number of carbonyl (C=O) groups is 1. The van der Waals surface area contributed by atoms with Gasteiger partial charge in [-0.15, -0.1) is 5.10 Å². The fourth-order valence-corrected chi connectivity index (χ4v) is 3.61. The number of halogens is 4. The Morgan fingerprint density at radius 3 is 2.52 bits per heavy atom. The molecule has 0 spiro atoms. The van der Waals surface area contributed by atoms with Gasteiger partial charge in [-0.2, -0.15) is 18.2 Å². The largest absolute Gasteiger partial charge is 0.508 e. The molecule has 8 nitrogen and oxygen atoms in total. The van der Waals surface area contributed by atoms with Crippen molar-refractivity contribution in [3.63, 3.8) is 0 Å². The second-order valence-corrected chi connectivity index (χ2v) is 9.33. The maximum absolute atomic E-state index is 13.9. The van der Waals surface area contributed by atoms with Gasteiger partial charge < -0.3 is 5.11 Å². The van der Waals surface area contributed by atoms with Crippen LogP contribution in [-0.2, 0) is 14.6 Å². The zero-order valence-corrected chi connectivity index (χ0v) is 16.2. The number of H-pyrrole nitrogens is 1. The average molecular weight is 438 g/mol. The molecule has 1 heterocycles. The molecule has 0 aliphatic carbocycles. The van der Waals surface area contributed by atoms with Crippen LogP contribution in [0.3, 0.4) is 0 Å². The Morgan fingerprint density at radius 1 is 1.28 bits per heavy atom. The van der Waals surface area contributed by atoms with Crippen LogP contribution in [0.15, 0.2) is 18.2 Å². The van der Waals surface area contributed by atoms with E-state index in [2.05, 4.69) is 20.5 Å². The van der Waals surface area contributed by atoms with Gasteiger partial charge in [-0.05, 0) is 32.4 Å². The van der Waals surface area contributed by atoms with E-state index in [1.165, 1.54) is 12.1 Å². The Labute approximate surface area is 163 Å². The molecule has 0 bridgehead atoms. The second kappa shape index (κ2) is 7.97. The Bertz CT molecular complexity index is 1000. The molecule has 29 heavy (non-hydrogen) atoms. The number of benzene rings is 1. The maximum Gasteiger partial charge on any atom is 0.389 e. The lowest BCUT2D eigenvalue weighted by Gasteiger charge is -2.23. The number of hydrogen-bond acceptors (Lipinski definition) is 6. The number of aromatic hydroxyl groups is 1. The van der Waals surface area contributed by atoms with Gasteiger partial charge in [0.15, 0.2) is 15.7 Å². The molecule has 0 aliphatic rings. The van der Waals surface area contributed by atoms with Gasteiger partial charge in [-0.25, -0.2) is 12.8 Å². The van der Waals surface area contributed by atoms with E-state index >= 15 is 0 Å². The number of phenols is 1. The fourth-order valence-electron chi connectivity index (χ4n) is 2.25. The maximum atomic E-state index is 13.9. The standard InChI is InChI=1S/C16H18F4N4O4S/c1-15(2,29(27,28)7-3-6-16(18,19)20)13(26)22-14-21-12(23-24-14)10-5-4-9(25)8-11(10)17/h4-5,8,25H,3,6-7H2,1-2H3,(H2,21,22,23,24,26). The van der Waals surface area contributed by atoms with Crippen LogP contribution < -0.4 is 5.32 Å². The first-order valence-corrected chi connectivity index (χ1v) is 9.90. The lowest BCUT2D eigenvalue weighted by molar-refractivity contribution is -0.134. The minimum atomic E-state index is -4.50. The molecule has 0 atom stereocenters. The Kier molecular flexibility index (Phi) is 6.21. The first kappa shape index (κ1) is 22.6. The molecule has 160 valence electrons. The van der Waals surface area contributed by atoms with Crippen molar-refractivity contribution >= 4 is 21.7 Å². The molecule has 1 aromatic carbocycles. The summed E-state index contributed by atoms with van der Waals surface area (Å²) in [4.78, 5) is 16.2. The van der Waals surface area contributed by atoms with E-state index in [9.17, 15) is 35.9 Å². The molecule has 0 saturated heterocycles. The van der Waals surface area contributed by atoms with Gasteiger partial charge in [0.1, 0.15) is 16.3 Å². The number of nitrogens with one attached hydrogen (secondary N) is 2. The molecular weight excluding hydrogens is 420 g/mol. The molecule has 0 unspecified atom stereocenters.